The van der Waals surface area contributed by atoms with Crippen molar-refractivity contribution in [3.8, 4) is 5.88 Å². The van der Waals surface area contributed by atoms with Gasteiger partial charge in [-0.1, -0.05) is 0 Å². The molecule has 0 aliphatic rings. The predicted molar refractivity (Wildman–Crippen MR) is 60.8 cm³/mol. The van der Waals surface area contributed by atoms with Gasteiger partial charge in [0.15, 0.2) is 0 Å². The monoisotopic (exact) mass is 225 g/mol. The van der Waals surface area contributed by atoms with Gasteiger partial charge in [-0.2, -0.15) is 4.98 Å². The van der Waals surface area contributed by atoms with Crippen molar-refractivity contribution in [3.05, 3.63) is 22.2 Å². The first-order valence-corrected chi connectivity index (χ1v) is 4.85. The van der Waals surface area contributed by atoms with E-state index in [0.29, 0.717) is 5.82 Å². The van der Waals surface area contributed by atoms with Crippen molar-refractivity contribution in [1.29, 1.82) is 0 Å². The van der Waals surface area contributed by atoms with Crippen LogP contribution in [0.25, 0.3) is 0 Å². The molecule has 0 amide bonds. The topological polar surface area (TPSA) is 77.3 Å². The maximum absolute atomic E-state index is 10.7. The van der Waals surface area contributed by atoms with E-state index in [0.717, 1.165) is 0 Å². The van der Waals surface area contributed by atoms with Gasteiger partial charge in [0, 0.05) is 7.05 Å². The number of ether oxygens (including phenoxy) is 1. The number of pyridine rings is 1. The average molecular weight is 225 g/mol. The summed E-state index contributed by atoms with van der Waals surface area (Å²) in [5.74, 6) is 0.652. The number of nitrogens with one attached hydrogen (secondary N) is 1. The number of nitro groups is 1. The van der Waals surface area contributed by atoms with Crippen molar-refractivity contribution in [2.45, 2.75) is 26.4 Å². The average Bonchev–Trinajstić information content (AvgIpc) is 2.14. The molecular weight excluding hydrogens is 210 g/mol. The fraction of sp³-hybridized carbons (Fsp3) is 0.500. The summed E-state index contributed by atoms with van der Waals surface area (Å²) in [5.41, 5.74) is -0.480. The van der Waals surface area contributed by atoms with E-state index in [9.17, 15) is 10.1 Å². The molecule has 0 aliphatic carbocycles. The number of anilines is 1. The minimum Gasteiger partial charge on any atom is -0.472 e. The summed E-state index contributed by atoms with van der Waals surface area (Å²) in [5, 5.41) is 13.4. The van der Waals surface area contributed by atoms with Crippen LogP contribution in [-0.2, 0) is 0 Å². The summed E-state index contributed by atoms with van der Waals surface area (Å²) >= 11 is 0. The van der Waals surface area contributed by atoms with Crippen LogP contribution in [0.1, 0.15) is 20.8 Å². The molecular formula is C10H15N3O3. The Morgan fingerprint density at radius 3 is 2.50 bits per heavy atom. The Labute approximate surface area is 93.8 Å². The van der Waals surface area contributed by atoms with Gasteiger partial charge in [-0.05, 0) is 20.8 Å². The van der Waals surface area contributed by atoms with E-state index in [1.54, 1.807) is 7.05 Å². The molecule has 0 bridgehead atoms. The maximum atomic E-state index is 10.7. The molecule has 1 N–H and O–H groups in total. The smallest absolute Gasteiger partial charge is 0.278 e. The van der Waals surface area contributed by atoms with E-state index in [4.69, 9.17) is 4.74 Å². The Morgan fingerprint density at radius 2 is 2.06 bits per heavy atom. The summed E-state index contributed by atoms with van der Waals surface area (Å²) < 4.78 is 5.48. The number of nitrogens with zero attached hydrogens (tertiary/aromatic N) is 2. The highest BCUT2D eigenvalue weighted by molar-refractivity contribution is 5.47. The lowest BCUT2D eigenvalue weighted by molar-refractivity contribution is -0.384. The number of aromatic nitrogens is 1. The van der Waals surface area contributed by atoms with Gasteiger partial charge in [0.05, 0.1) is 17.1 Å². The van der Waals surface area contributed by atoms with Crippen LogP contribution in [0.5, 0.6) is 5.88 Å². The van der Waals surface area contributed by atoms with Gasteiger partial charge in [0.25, 0.3) is 5.69 Å². The van der Waals surface area contributed by atoms with Gasteiger partial charge >= 0.3 is 0 Å². The van der Waals surface area contributed by atoms with Crippen molar-refractivity contribution >= 4 is 11.5 Å². The van der Waals surface area contributed by atoms with Crippen LogP contribution in [0.4, 0.5) is 11.5 Å². The van der Waals surface area contributed by atoms with Crippen molar-refractivity contribution < 1.29 is 9.66 Å². The molecule has 6 nitrogen and oxygen atoms in total. The highest BCUT2D eigenvalue weighted by Crippen LogP contribution is 2.24. The SMILES string of the molecule is CNc1cc([N+](=O)[O-])cc(OC(C)(C)C)n1. The largest absolute Gasteiger partial charge is 0.472 e. The number of hydrogen-bond acceptors (Lipinski definition) is 5. The maximum Gasteiger partial charge on any atom is 0.278 e. The minimum atomic E-state index is -0.474. The highest BCUT2D eigenvalue weighted by Gasteiger charge is 2.17. The van der Waals surface area contributed by atoms with Crippen LogP contribution in [0, 0.1) is 10.1 Å². The van der Waals surface area contributed by atoms with Gasteiger partial charge in [-0.15, -0.1) is 0 Å². The third-order valence-electron chi connectivity index (χ3n) is 1.66. The fourth-order valence-corrected chi connectivity index (χ4v) is 1.09. The number of hydrogen-bond donors (Lipinski definition) is 1. The lowest BCUT2D eigenvalue weighted by atomic mass is 10.2. The normalized spacial score (nSPS) is 11.0. The first kappa shape index (κ1) is 12.2. The van der Waals surface area contributed by atoms with Crippen molar-refractivity contribution in [2.24, 2.45) is 0 Å². The second-order valence-corrected chi connectivity index (χ2v) is 4.27. The number of rotatable bonds is 3. The van der Waals surface area contributed by atoms with Crippen LogP contribution >= 0.6 is 0 Å². The molecule has 16 heavy (non-hydrogen) atoms. The molecule has 0 spiro atoms. The van der Waals surface area contributed by atoms with Crippen molar-refractivity contribution in [2.75, 3.05) is 12.4 Å². The lowest BCUT2D eigenvalue weighted by Gasteiger charge is -2.20. The van der Waals surface area contributed by atoms with E-state index in [2.05, 4.69) is 10.3 Å². The first-order valence-electron chi connectivity index (χ1n) is 4.85. The summed E-state index contributed by atoms with van der Waals surface area (Å²) in [7, 11) is 1.65. The van der Waals surface area contributed by atoms with E-state index in [1.165, 1.54) is 12.1 Å². The van der Waals surface area contributed by atoms with Gasteiger partial charge < -0.3 is 10.1 Å². The molecule has 6 heteroatoms. The van der Waals surface area contributed by atoms with Crippen LogP contribution in [0.2, 0.25) is 0 Å². The molecule has 1 rings (SSSR count). The fourth-order valence-electron chi connectivity index (χ4n) is 1.09. The zero-order valence-corrected chi connectivity index (χ0v) is 9.77. The third-order valence-corrected chi connectivity index (χ3v) is 1.66. The summed E-state index contributed by atoms with van der Waals surface area (Å²) in [4.78, 5) is 14.3. The van der Waals surface area contributed by atoms with E-state index < -0.39 is 10.5 Å². The van der Waals surface area contributed by atoms with Gasteiger partial charge in [0.1, 0.15) is 11.4 Å². The quantitative estimate of drug-likeness (QED) is 0.630. The Bertz CT molecular complexity index is 399. The zero-order chi connectivity index (χ0) is 12.3. The summed E-state index contributed by atoms with van der Waals surface area (Å²) in [6.07, 6.45) is 0. The Balaban J connectivity index is 3.09. The molecule has 0 fully saturated rings. The molecule has 1 aromatic heterocycles. The van der Waals surface area contributed by atoms with E-state index in [1.807, 2.05) is 20.8 Å². The van der Waals surface area contributed by atoms with Crippen LogP contribution in [0.3, 0.4) is 0 Å². The van der Waals surface area contributed by atoms with Gasteiger partial charge in [-0.3, -0.25) is 10.1 Å². The molecule has 0 radical (unpaired) electrons. The molecule has 1 aromatic rings. The van der Waals surface area contributed by atoms with Gasteiger partial charge in [0.2, 0.25) is 5.88 Å². The zero-order valence-electron chi connectivity index (χ0n) is 9.77. The third kappa shape index (κ3) is 3.38. The predicted octanol–water partition coefficient (Wildman–Crippen LogP) is 2.21. The Kier molecular flexibility index (Phi) is 3.31. The highest BCUT2D eigenvalue weighted by atomic mass is 16.6. The molecule has 0 aromatic carbocycles. The Hall–Kier alpha value is -1.85. The molecule has 0 saturated carbocycles. The second-order valence-electron chi connectivity index (χ2n) is 4.27. The molecule has 0 atom stereocenters. The van der Waals surface area contributed by atoms with Gasteiger partial charge in [-0.25, -0.2) is 0 Å². The lowest BCUT2D eigenvalue weighted by Crippen LogP contribution is -2.23. The standard InChI is InChI=1S/C10H15N3O3/c1-10(2,3)16-9-6-7(13(14)15)5-8(11-4)12-9/h5-6H,1-4H3,(H,11,12). The van der Waals surface area contributed by atoms with Crippen molar-refractivity contribution in [3.63, 3.8) is 0 Å². The van der Waals surface area contributed by atoms with Crippen LogP contribution < -0.4 is 10.1 Å². The summed E-state index contributed by atoms with van der Waals surface area (Å²) in [6.45, 7) is 5.56. The summed E-state index contributed by atoms with van der Waals surface area (Å²) in [6, 6.07) is 2.67. The van der Waals surface area contributed by atoms with Crippen LogP contribution in [0.15, 0.2) is 12.1 Å². The van der Waals surface area contributed by atoms with E-state index >= 15 is 0 Å². The molecule has 0 unspecified atom stereocenters. The molecule has 0 saturated heterocycles. The Morgan fingerprint density at radius 1 is 1.44 bits per heavy atom. The van der Waals surface area contributed by atoms with Crippen molar-refractivity contribution in [1.82, 2.24) is 4.98 Å². The first-order chi connectivity index (χ1) is 7.31. The van der Waals surface area contributed by atoms with Crippen LogP contribution in [-0.4, -0.2) is 22.6 Å². The minimum absolute atomic E-state index is 0.0430. The second kappa shape index (κ2) is 4.34. The molecule has 88 valence electrons. The van der Waals surface area contributed by atoms with E-state index in [-0.39, 0.29) is 11.6 Å². The molecule has 0 aliphatic heterocycles. The molecule has 1 heterocycles.